The molecule has 1 aliphatic heterocycles. The molecule has 0 bridgehead atoms. The number of benzene rings is 1. The third-order valence-electron chi connectivity index (χ3n) is 4.68. The van der Waals surface area contributed by atoms with E-state index >= 15 is 0 Å². The minimum Gasteiger partial charge on any atom is -0.342 e. The molecule has 144 valence electrons. The van der Waals surface area contributed by atoms with Crippen LogP contribution in [0.5, 0.6) is 0 Å². The molecule has 0 saturated carbocycles. The molecule has 1 fully saturated rings. The zero-order valence-electron chi connectivity index (χ0n) is 15.0. The van der Waals surface area contributed by atoms with Gasteiger partial charge in [0.2, 0.25) is 11.8 Å². The Morgan fingerprint density at radius 3 is 2.54 bits per heavy atom. The molecule has 7 heteroatoms. The van der Waals surface area contributed by atoms with Gasteiger partial charge in [0.15, 0.2) is 0 Å². The number of halogens is 3. The first-order valence-corrected chi connectivity index (χ1v) is 8.97. The van der Waals surface area contributed by atoms with Gasteiger partial charge < -0.3 is 9.80 Å². The number of carbonyl (C=O) groups excluding carboxylic acids is 2. The first kappa shape index (κ1) is 20.3. The molecule has 26 heavy (non-hydrogen) atoms. The van der Waals surface area contributed by atoms with Crippen molar-refractivity contribution in [2.24, 2.45) is 5.92 Å². The molecular formula is C19H25F3N2O2. The highest BCUT2D eigenvalue weighted by Crippen LogP contribution is 2.23. The lowest BCUT2D eigenvalue weighted by molar-refractivity contribution is -0.148. The van der Waals surface area contributed by atoms with Crippen LogP contribution >= 0.6 is 0 Å². The fourth-order valence-electron chi connectivity index (χ4n) is 3.23. The van der Waals surface area contributed by atoms with Gasteiger partial charge in [0.05, 0.1) is 18.8 Å². The molecule has 0 aromatic heterocycles. The number of amides is 2. The van der Waals surface area contributed by atoms with E-state index in [4.69, 9.17) is 0 Å². The number of hydrogen-bond donors (Lipinski definition) is 0. The fourth-order valence-corrected chi connectivity index (χ4v) is 3.23. The number of likely N-dealkylation sites (tertiary alicyclic amines) is 1. The second-order valence-corrected chi connectivity index (χ2v) is 6.62. The molecule has 1 saturated heterocycles. The topological polar surface area (TPSA) is 40.6 Å². The second kappa shape index (κ2) is 9.05. The quantitative estimate of drug-likeness (QED) is 0.771. The summed E-state index contributed by atoms with van der Waals surface area (Å²) in [4.78, 5) is 28.0. The summed E-state index contributed by atoms with van der Waals surface area (Å²) in [5.41, 5.74) is 0.909. The number of piperidine rings is 1. The molecule has 1 aromatic rings. The molecule has 2 amide bonds. The van der Waals surface area contributed by atoms with Crippen LogP contribution in [0, 0.1) is 5.92 Å². The highest BCUT2D eigenvalue weighted by molar-refractivity contribution is 5.82. The van der Waals surface area contributed by atoms with Crippen molar-refractivity contribution in [3.05, 3.63) is 35.9 Å². The number of carbonyl (C=O) groups is 2. The lowest BCUT2D eigenvalue weighted by atomic mass is 9.95. The van der Waals surface area contributed by atoms with E-state index in [2.05, 4.69) is 0 Å². The minimum absolute atomic E-state index is 0.0490. The van der Waals surface area contributed by atoms with Crippen LogP contribution in [0.15, 0.2) is 30.3 Å². The van der Waals surface area contributed by atoms with Crippen molar-refractivity contribution in [1.82, 2.24) is 9.80 Å². The Kier molecular flexibility index (Phi) is 7.06. The van der Waals surface area contributed by atoms with E-state index in [0.29, 0.717) is 19.4 Å². The van der Waals surface area contributed by atoms with E-state index in [1.807, 2.05) is 30.3 Å². The lowest BCUT2D eigenvalue weighted by Crippen LogP contribution is -2.47. The van der Waals surface area contributed by atoms with Gasteiger partial charge in [-0.05, 0) is 25.3 Å². The molecule has 1 unspecified atom stereocenters. The molecule has 0 spiro atoms. The third kappa shape index (κ3) is 6.04. The highest BCUT2D eigenvalue weighted by Gasteiger charge is 2.33. The summed E-state index contributed by atoms with van der Waals surface area (Å²) in [5, 5.41) is 0. The van der Waals surface area contributed by atoms with Crippen molar-refractivity contribution in [2.75, 3.05) is 26.2 Å². The predicted octanol–water partition coefficient (Wildman–Crippen LogP) is 3.27. The van der Waals surface area contributed by atoms with Gasteiger partial charge in [-0.15, -0.1) is 0 Å². The SMILES string of the molecule is CCN(CCC(F)(F)F)C(=O)C1CCCN(C(=O)Cc2ccccc2)C1. The molecule has 1 atom stereocenters. The van der Waals surface area contributed by atoms with E-state index in [1.165, 1.54) is 4.90 Å². The lowest BCUT2D eigenvalue weighted by Gasteiger charge is -2.35. The Hall–Kier alpha value is -2.05. The van der Waals surface area contributed by atoms with Gasteiger partial charge >= 0.3 is 6.18 Å². The average molecular weight is 370 g/mol. The highest BCUT2D eigenvalue weighted by atomic mass is 19.4. The van der Waals surface area contributed by atoms with Gasteiger partial charge in [-0.3, -0.25) is 9.59 Å². The van der Waals surface area contributed by atoms with Gasteiger partial charge in [0.1, 0.15) is 0 Å². The van der Waals surface area contributed by atoms with E-state index in [0.717, 1.165) is 5.56 Å². The average Bonchev–Trinajstić information content (AvgIpc) is 2.62. The minimum atomic E-state index is -4.28. The first-order chi connectivity index (χ1) is 12.3. The Morgan fingerprint density at radius 1 is 1.23 bits per heavy atom. The first-order valence-electron chi connectivity index (χ1n) is 8.97. The molecular weight excluding hydrogens is 345 g/mol. The van der Waals surface area contributed by atoms with Crippen LogP contribution in [0.1, 0.15) is 31.7 Å². The van der Waals surface area contributed by atoms with Crippen LogP contribution in [0.3, 0.4) is 0 Å². The number of nitrogens with zero attached hydrogens (tertiary/aromatic N) is 2. The van der Waals surface area contributed by atoms with Crippen LogP contribution < -0.4 is 0 Å². The zero-order chi connectivity index (χ0) is 19.2. The Labute approximate surface area is 152 Å². The molecule has 1 aliphatic rings. The number of alkyl halides is 3. The molecule has 4 nitrogen and oxygen atoms in total. The second-order valence-electron chi connectivity index (χ2n) is 6.62. The maximum atomic E-state index is 12.6. The molecule has 1 heterocycles. The molecule has 0 aliphatic carbocycles. The van der Waals surface area contributed by atoms with E-state index in [1.54, 1.807) is 11.8 Å². The van der Waals surface area contributed by atoms with Gasteiger partial charge in [0, 0.05) is 26.2 Å². The summed E-state index contributed by atoms with van der Waals surface area (Å²) in [7, 11) is 0. The van der Waals surface area contributed by atoms with Crippen molar-refractivity contribution in [3.63, 3.8) is 0 Å². The van der Waals surface area contributed by atoms with Crippen molar-refractivity contribution >= 4 is 11.8 Å². The summed E-state index contributed by atoms with van der Waals surface area (Å²) in [5.74, 6) is -0.752. The van der Waals surface area contributed by atoms with Crippen molar-refractivity contribution in [2.45, 2.75) is 38.8 Å². The standard InChI is InChI=1S/C19H25F3N2O2/c1-2-23(12-10-19(20,21)22)18(26)16-9-6-11-24(14-16)17(25)13-15-7-4-3-5-8-15/h3-5,7-8,16H,2,6,9-14H2,1H3. The summed E-state index contributed by atoms with van der Waals surface area (Å²) in [6.45, 7) is 2.46. The maximum absolute atomic E-state index is 12.6. The van der Waals surface area contributed by atoms with Crippen molar-refractivity contribution in [1.29, 1.82) is 0 Å². The van der Waals surface area contributed by atoms with Gasteiger partial charge in [-0.1, -0.05) is 30.3 Å². The number of rotatable bonds is 6. The van der Waals surface area contributed by atoms with Gasteiger partial charge in [-0.2, -0.15) is 13.2 Å². The summed E-state index contributed by atoms with van der Waals surface area (Å²) < 4.78 is 37.3. The number of hydrogen-bond acceptors (Lipinski definition) is 2. The third-order valence-corrected chi connectivity index (χ3v) is 4.68. The zero-order valence-corrected chi connectivity index (χ0v) is 15.0. The fraction of sp³-hybridized carbons (Fsp3) is 0.579. The van der Waals surface area contributed by atoms with Crippen molar-refractivity contribution in [3.8, 4) is 0 Å². The Morgan fingerprint density at radius 2 is 1.92 bits per heavy atom. The van der Waals surface area contributed by atoms with Crippen molar-refractivity contribution < 1.29 is 22.8 Å². The molecule has 0 N–H and O–H groups in total. The Balaban J connectivity index is 1.93. The summed E-state index contributed by atoms with van der Waals surface area (Å²) >= 11 is 0. The van der Waals surface area contributed by atoms with E-state index < -0.39 is 18.5 Å². The van der Waals surface area contributed by atoms with E-state index in [-0.39, 0.29) is 37.9 Å². The van der Waals surface area contributed by atoms with Crippen LogP contribution in [-0.4, -0.2) is 54.0 Å². The van der Waals surface area contributed by atoms with Gasteiger partial charge in [0.25, 0.3) is 0 Å². The molecule has 0 radical (unpaired) electrons. The Bertz CT molecular complexity index is 605. The summed E-state index contributed by atoms with van der Waals surface area (Å²) in [6.07, 6.45) is -3.72. The smallest absolute Gasteiger partial charge is 0.342 e. The maximum Gasteiger partial charge on any atom is 0.390 e. The molecule has 1 aromatic carbocycles. The van der Waals surface area contributed by atoms with Crippen LogP contribution in [-0.2, 0) is 16.0 Å². The largest absolute Gasteiger partial charge is 0.390 e. The monoisotopic (exact) mass is 370 g/mol. The van der Waals surface area contributed by atoms with Crippen LogP contribution in [0.4, 0.5) is 13.2 Å². The normalized spacial score (nSPS) is 17.8. The summed E-state index contributed by atoms with van der Waals surface area (Å²) in [6, 6.07) is 9.36. The predicted molar refractivity (Wildman–Crippen MR) is 92.4 cm³/mol. The van der Waals surface area contributed by atoms with E-state index in [9.17, 15) is 22.8 Å². The molecule has 2 rings (SSSR count). The van der Waals surface area contributed by atoms with Crippen LogP contribution in [0.2, 0.25) is 0 Å². The van der Waals surface area contributed by atoms with Crippen LogP contribution in [0.25, 0.3) is 0 Å². The van der Waals surface area contributed by atoms with Gasteiger partial charge in [-0.25, -0.2) is 0 Å².